The fourth-order valence-electron chi connectivity index (χ4n) is 2.54. The summed E-state index contributed by atoms with van der Waals surface area (Å²) < 4.78 is 0. The van der Waals surface area contributed by atoms with Gasteiger partial charge in [0.2, 0.25) is 5.91 Å². The second kappa shape index (κ2) is 4.72. The lowest BCUT2D eigenvalue weighted by Crippen LogP contribution is -2.48. The fraction of sp³-hybridized carbons (Fsp3) is 0.917. The predicted molar refractivity (Wildman–Crippen MR) is 62.0 cm³/mol. The van der Waals surface area contributed by atoms with Gasteiger partial charge in [-0.1, -0.05) is 0 Å². The van der Waals surface area contributed by atoms with Crippen molar-refractivity contribution in [3.8, 4) is 0 Å². The number of nitrogens with zero attached hydrogens (tertiary/aromatic N) is 1. The summed E-state index contributed by atoms with van der Waals surface area (Å²) in [7, 11) is 0. The van der Waals surface area contributed by atoms with Crippen LogP contribution in [0.15, 0.2) is 0 Å². The summed E-state index contributed by atoms with van der Waals surface area (Å²) in [6.45, 7) is 5.22. The second-order valence-corrected chi connectivity index (χ2v) is 5.35. The zero-order chi connectivity index (χ0) is 11.6. The molecule has 16 heavy (non-hydrogen) atoms. The maximum absolute atomic E-state index is 12.2. The first-order valence-corrected chi connectivity index (χ1v) is 6.30. The van der Waals surface area contributed by atoms with Gasteiger partial charge in [0.25, 0.3) is 0 Å². The molecule has 4 heteroatoms. The summed E-state index contributed by atoms with van der Waals surface area (Å²) in [5, 5.41) is 13.1. The van der Waals surface area contributed by atoms with E-state index in [2.05, 4.69) is 5.32 Å². The number of hydrogen-bond acceptors (Lipinski definition) is 3. The number of piperidine rings is 2. The molecule has 2 aliphatic heterocycles. The lowest BCUT2D eigenvalue weighted by molar-refractivity contribution is -0.140. The van der Waals surface area contributed by atoms with Crippen LogP contribution in [0.2, 0.25) is 0 Å². The largest absolute Gasteiger partial charge is 0.390 e. The highest BCUT2D eigenvalue weighted by molar-refractivity contribution is 5.79. The van der Waals surface area contributed by atoms with E-state index < -0.39 is 5.60 Å². The maximum atomic E-state index is 12.2. The third-order valence-electron chi connectivity index (χ3n) is 3.84. The molecule has 0 bridgehead atoms. The first kappa shape index (κ1) is 11.9. The van der Waals surface area contributed by atoms with E-state index in [1.54, 1.807) is 0 Å². The van der Waals surface area contributed by atoms with Gasteiger partial charge in [-0.15, -0.1) is 0 Å². The van der Waals surface area contributed by atoms with E-state index in [4.69, 9.17) is 0 Å². The van der Waals surface area contributed by atoms with Crippen LogP contribution >= 0.6 is 0 Å². The third kappa shape index (κ3) is 2.74. The second-order valence-electron chi connectivity index (χ2n) is 5.35. The van der Waals surface area contributed by atoms with E-state index in [0.29, 0.717) is 18.7 Å². The zero-order valence-corrected chi connectivity index (χ0v) is 10.0. The van der Waals surface area contributed by atoms with Crippen molar-refractivity contribution in [3.05, 3.63) is 0 Å². The molecule has 2 saturated heterocycles. The molecule has 0 aromatic carbocycles. The number of likely N-dealkylation sites (tertiary alicyclic amines) is 1. The number of carbonyl (C=O) groups is 1. The number of carbonyl (C=O) groups excluding carboxylic acids is 1. The molecule has 2 heterocycles. The van der Waals surface area contributed by atoms with Gasteiger partial charge in [-0.3, -0.25) is 4.79 Å². The van der Waals surface area contributed by atoms with Crippen LogP contribution in [0, 0.1) is 5.92 Å². The molecule has 0 unspecified atom stereocenters. The minimum Gasteiger partial charge on any atom is -0.390 e. The summed E-state index contributed by atoms with van der Waals surface area (Å²) in [6, 6.07) is 0. The Morgan fingerprint density at radius 3 is 2.44 bits per heavy atom. The molecule has 0 atom stereocenters. The standard InChI is InChI=1S/C12H22N2O2/c1-12(16)4-8-14(9-5-12)11(15)10-2-6-13-7-3-10/h10,13,16H,2-9H2,1H3. The Hall–Kier alpha value is -0.610. The van der Waals surface area contributed by atoms with E-state index in [9.17, 15) is 9.90 Å². The fourth-order valence-corrected chi connectivity index (χ4v) is 2.54. The monoisotopic (exact) mass is 226 g/mol. The lowest BCUT2D eigenvalue weighted by Gasteiger charge is -2.38. The molecule has 0 aromatic rings. The molecule has 1 amide bonds. The van der Waals surface area contributed by atoms with Crippen LogP contribution in [0.25, 0.3) is 0 Å². The molecule has 2 aliphatic rings. The van der Waals surface area contributed by atoms with E-state index in [0.717, 1.165) is 39.0 Å². The van der Waals surface area contributed by atoms with Crippen LogP contribution < -0.4 is 5.32 Å². The number of amides is 1. The van der Waals surface area contributed by atoms with Crippen molar-refractivity contribution in [2.24, 2.45) is 5.92 Å². The number of rotatable bonds is 1. The van der Waals surface area contributed by atoms with Crippen LogP contribution in [0.3, 0.4) is 0 Å². The number of hydrogen-bond donors (Lipinski definition) is 2. The molecule has 92 valence electrons. The van der Waals surface area contributed by atoms with Gasteiger partial charge >= 0.3 is 0 Å². The summed E-state index contributed by atoms with van der Waals surface area (Å²) in [5.74, 6) is 0.515. The smallest absolute Gasteiger partial charge is 0.225 e. The van der Waals surface area contributed by atoms with Crippen molar-refractivity contribution in [1.82, 2.24) is 10.2 Å². The summed E-state index contributed by atoms with van der Waals surface area (Å²) in [6.07, 6.45) is 3.35. The lowest BCUT2D eigenvalue weighted by atomic mass is 9.91. The maximum Gasteiger partial charge on any atom is 0.225 e. The van der Waals surface area contributed by atoms with E-state index in [-0.39, 0.29) is 5.92 Å². The van der Waals surface area contributed by atoms with Gasteiger partial charge in [0.1, 0.15) is 0 Å². The minimum atomic E-state index is -0.565. The first-order valence-electron chi connectivity index (χ1n) is 6.30. The quantitative estimate of drug-likeness (QED) is 0.679. The van der Waals surface area contributed by atoms with Crippen molar-refractivity contribution in [1.29, 1.82) is 0 Å². The molecular weight excluding hydrogens is 204 g/mol. The Morgan fingerprint density at radius 1 is 1.31 bits per heavy atom. The molecule has 4 nitrogen and oxygen atoms in total. The molecule has 2 fully saturated rings. The topological polar surface area (TPSA) is 52.6 Å². The van der Waals surface area contributed by atoms with Gasteiger partial charge < -0.3 is 15.3 Å². The third-order valence-corrected chi connectivity index (χ3v) is 3.84. The van der Waals surface area contributed by atoms with Crippen LogP contribution in [0.4, 0.5) is 0 Å². The van der Waals surface area contributed by atoms with Crippen molar-refractivity contribution in [2.45, 2.75) is 38.2 Å². The van der Waals surface area contributed by atoms with Crippen molar-refractivity contribution < 1.29 is 9.90 Å². The molecule has 2 N–H and O–H groups in total. The normalized spacial score (nSPS) is 26.8. The number of nitrogens with one attached hydrogen (secondary N) is 1. The van der Waals surface area contributed by atoms with Gasteiger partial charge in [-0.25, -0.2) is 0 Å². The Kier molecular flexibility index (Phi) is 3.50. The van der Waals surface area contributed by atoms with E-state index >= 15 is 0 Å². The molecule has 0 aliphatic carbocycles. The van der Waals surface area contributed by atoms with Crippen molar-refractivity contribution in [3.63, 3.8) is 0 Å². The highest BCUT2D eigenvalue weighted by atomic mass is 16.3. The van der Waals surface area contributed by atoms with Crippen LogP contribution in [0.1, 0.15) is 32.6 Å². The van der Waals surface area contributed by atoms with Gasteiger partial charge in [0.15, 0.2) is 0 Å². The Morgan fingerprint density at radius 2 is 1.88 bits per heavy atom. The van der Waals surface area contributed by atoms with E-state index in [1.807, 2.05) is 11.8 Å². The molecule has 0 spiro atoms. The summed E-state index contributed by atoms with van der Waals surface area (Å²) >= 11 is 0. The predicted octanol–water partition coefficient (Wildman–Crippen LogP) is 0.359. The molecule has 0 radical (unpaired) electrons. The SMILES string of the molecule is CC1(O)CCN(C(=O)C2CCNCC2)CC1. The highest BCUT2D eigenvalue weighted by Gasteiger charge is 2.32. The van der Waals surface area contributed by atoms with Gasteiger partial charge in [-0.2, -0.15) is 0 Å². The average molecular weight is 226 g/mol. The first-order chi connectivity index (χ1) is 7.58. The number of aliphatic hydroxyl groups is 1. The highest BCUT2D eigenvalue weighted by Crippen LogP contribution is 2.24. The van der Waals surface area contributed by atoms with Gasteiger partial charge in [0, 0.05) is 19.0 Å². The average Bonchev–Trinajstić information content (AvgIpc) is 2.29. The molecular formula is C12H22N2O2. The molecule has 0 aromatic heterocycles. The van der Waals surface area contributed by atoms with E-state index in [1.165, 1.54) is 0 Å². The van der Waals surface area contributed by atoms with Crippen LogP contribution in [-0.2, 0) is 4.79 Å². The minimum absolute atomic E-state index is 0.212. The van der Waals surface area contributed by atoms with Gasteiger partial charge in [0.05, 0.1) is 5.60 Å². The summed E-state index contributed by atoms with van der Waals surface area (Å²) in [5.41, 5.74) is -0.565. The molecule has 0 saturated carbocycles. The zero-order valence-electron chi connectivity index (χ0n) is 10.0. The van der Waals surface area contributed by atoms with Crippen LogP contribution in [0.5, 0.6) is 0 Å². The van der Waals surface area contributed by atoms with Gasteiger partial charge in [-0.05, 0) is 45.7 Å². The van der Waals surface area contributed by atoms with Crippen molar-refractivity contribution in [2.75, 3.05) is 26.2 Å². The Balaban J connectivity index is 1.86. The molecule has 2 rings (SSSR count). The van der Waals surface area contributed by atoms with Crippen LogP contribution in [-0.4, -0.2) is 47.7 Å². The Bertz CT molecular complexity index is 250. The van der Waals surface area contributed by atoms with Crippen molar-refractivity contribution >= 4 is 5.91 Å². The Labute approximate surface area is 97.0 Å². The summed E-state index contributed by atoms with van der Waals surface area (Å²) in [4.78, 5) is 14.1.